The Morgan fingerprint density at radius 1 is 1.07 bits per heavy atom. The Hall–Kier alpha value is -1.60. The number of aryl methyl sites for hydroxylation is 1. The van der Waals surface area contributed by atoms with Crippen LogP contribution in [0.1, 0.15) is 29.8 Å². The zero-order valence-corrected chi connectivity index (χ0v) is 19.8. The highest BCUT2D eigenvalue weighted by Crippen LogP contribution is 2.32. The van der Waals surface area contributed by atoms with Gasteiger partial charge in [0.25, 0.3) is 5.91 Å². The number of hydrogen-bond acceptors (Lipinski definition) is 5. The molecule has 0 spiro atoms. The minimum Gasteiger partial charge on any atom is -0.302 e. The van der Waals surface area contributed by atoms with E-state index in [2.05, 4.69) is 37.1 Å². The second-order valence-electron chi connectivity index (χ2n) is 6.68. The molecular weight excluding hydrogens is 422 g/mol. The first-order chi connectivity index (χ1) is 13.5. The molecule has 0 unspecified atom stereocenters. The van der Waals surface area contributed by atoms with Crippen molar-refractivity contribution in [2.75, 3.05) is 37.3 Å². The first kappa shape index (κ1) is 23.7. The van der Waals surface area contributed by atoms with E-state index in [0.717, 1.165) is 40.5 Å². The molecule has 0 bridgehead atoms. The number of aromatic nitrogens is 1. The molecule has 1 amide bonds. The van der Waals surface area contributed by atoms with Gasteiger partial charge in [-0.1, -0.05) is 42.9 Å². The molecule has 1 aromatic heterocycles. The Balaban J connectivity index is 0.00000300. The van der Waals surface area contributed by atoms with Crippen molar-refractivity contribution in [2.45, 2.75) is 25.7 Å². The molecule has 0 fully saturated rings. The van der Waals surface area contributed by atoms with Crippen molar-refractivity contribution in [3.63, 3.8) is 0 Å². The molecule has 0 aliphatic rings. The van der Waals surface area contributed by atoms with Gasteiger partial charge in [-0.3, -0.25) is 9.69 Å². The molecule has 3 rings (SSSR count). The number of halogens is 1. The van der Waals surface area contributed by atoms with Crippen molar-refractivity contribution < 1.29 is 4.79 Å². The molecule has 1 heterocycles. The number of carbonyl (C=O) groups is 1. The van der Waals surface area contributed by atoms with Crippen LogP contribution in [0.3, 0.4) is 0 Å². The van der Waals surface area contributed by atoms with Crippen molar-refractivity contribution in [3.8, 4) is 0 Å². The lowest BCUT2D eigenvalue weighted by molar-refractivity contribution is 0.0984. The maximum atomic E-state index is 13.3. The summed E-state index contributed by atoms with van der Waals surface area (Å²) in [6, 6.07) is 14.1. The van der Waals surface area contributed by atoms with Gasteiger partial charge in [0.2, 0.25) is 0 Å². The van der Waals surface area contributed by atoms with Crippen LogP contribution in [0, 0.1) is 6.92 Å². The summed E-state index contributed by atoms with van der Waals surface area (Å²) in [6.07, 6.45) is 2.07. The average Bonchev–Trinajstić information content (AvgIpc) is 3.14. The van der Waals surface area contributed by atoms with Crippen LogP contribution in [0.5, 0.6) is 0 Å². The fourth-order valence-corrected chi connectivity index (χ4v) is 4.60. The SMILES string of the molecule is CCN(CC)CCN(C(=O)c1ccc(C)cc1)c1nc2ccc(SC)cc2s1.Cl. The predicted molar refractivity (Wildman–Crippen MR) is 129 cm³/mol. The van der Waals surface area contributed by atoms with E-state index in [1.807, 2.05) is 42.2 Å². The number of likely N-dealkylation sites (N-methyl/N-ethyl adjacent to an activating group) is 1. The number of thioether (sulfide) groups is 1. The van der Waals surface area contributed by atoms with Gasteiger partial charge in [-0.25, -0.2) is 4.98 Å². The van der Waals surface area contributed by atoms with Crippen molar-refractivity contribution in [1.29, 1.82) is 0 Å². The molecular formula is C22H28ClN3OS2. The summed E-state index contributed by atoms with van der Waals surface area (Å²) in [5.41, 5.74) is 2.80. The van der Waals surface area contributed by atoms with Crippen LogP contribution in [0.4, 0.5) is 5.13 Å². The molecule has 29 heavy (non-hydrogen) atoms. The number of nitrogens with zero attached hydrogens (tertiary/aromatic N) is 3. The van der Waals surface area contributed by atoms with Crippen molar-refractivity contribution in [1.82, 2.24) is 9.88 Å². The van der Waals surface area contributed by atoms with E-state index in [0.29, 0.717) is 12.1 Å². The number of amides is 1. The van der Waals surface area contributed by atoms with Crippen LogP contribution in [0.2, 0.25) is 0 Å². The highest BCUT2D eigenvalue weighted by Gasteiger charge is 2.22. The summed E-state index contributed by atoms with van der Waals surface area (Å²) >= 11 is 3.31. The third-order valence-electron chi connectivity index (χ3n) is 4.89. The second-order valence-corrected chi connectivity index (χ2v) is 8.57. The second kappa shape index (κ2) is 11.0. The van der Waals surface area contributed by atoms with Crippen molar-refractivity contribution in [3.05, 3.63) is 53.6 Å². The van der Waals surface area contributed by atoms with Crippen LogP contribution in [0.25, 0.3) is 10.2 Å². The molecule has 0 N–H and O–H groups in total. The van der Waals surface area contributed by atoms with Gasteiger partial charge in [-0.15, -0.1) is 24.2 Å². The Bertz CT molecular complexity index is 939. The van der Waals surface area contributed by atoms with E-state index in [-0.39, 0.29) is 18.3 Å². The van der Waals surface area contributed by atoms with E-state index < -0.39 is 0 Å². The molecule has 0 aliphatic heterocycles. The lowest BCUT2D eigenvalue weighted by Crippen LogP contribution is -2.38. The van der Waals surface area contributed by atoms with Gasteiger partial charge >= 0.3 is 0 Å². The van der Waals surface area contributed by atoms with Crippen LogP contribution in [-0.4, -0.2) is 48.2 Å². The molecule has 0 radical (unpaired) electrons. The Morgan fingerprint density at radius 3 is 2.38 bits per heavy atom. The van der Waals surface area contributed by atoms with Gasteiger partial charge in [0, 0.05) is 23.5 Å². The molecule has 3 aromatic rings. The summed E-state index contributed by atoms with van der Waals surface area (Å²) in [5.74, 6) is 0.0105. The lowest BCUT2D eigenvalue weighted by Gasteiger charge is -2.24. The van der Waals surface area contributed by atoms with Crippen molar-refractivity contribution >= 4 is 56.8 Å². The zero-order valence-electron chi connectivity index (χ0n) is 17.3. The van der Waals surface area contributed by atoms with E-state index in [1.165, 1.54) is 4.90 Å². The third-order valence-corrected chi connectivity index (χ3v) is 6.66. The molecule has 0 saturated heterocycles. The Morgan fingerprint density at radius 2 is 1.76 bits per heavy atom. The number of hydrogen-bond donors (Lipinski definition) is 0. The largest absolute Gasteiger partial charge is 0.302 e. The fraction of sp³-hybridized carbons (Fsp3) is 0.364. The number of thiazole rings is 1. The Labute approximate surface area is 187 Å². The zero-order chi connectivity index (χ0) is 20.1. The summed E-state index contributed by atoms with van der Waals surface area (Å²) in [5, 5.41) is 0.769. The molecule has 0 saturated carbocycles. The summed E-state index contributed by atoms with van der Waals surface area (Å²) < 4.78 is 1.12. The third kappa shape index (κ3) is 5.72. The minimum absolute atomic E-state index is 0. The average molecular weight is 450 g/mol. The van der Waals surface area contributed by atoms with E-state index in [4.69, 9.17) is 4.98 Å². The van der Waals surface area contributed by atoms with E-state index in [9.17, 15) is 4.79 Å². The van der Waals surface area contributed by atoms with Gasteiger partial charge in [-0.05, 0) is 56.6 Å². The lowest BCUT2D eigenvalue weighted by atomic mass is 10.1. The Kier molecular flexibility index (Phi) is 8.96. The van der Waals surface area contributed by atoms with Gasteiger partial charge in [-0.2, -0.15) is 0 Å². The van der Waals surface area contributed by atoms with Crippen molar-refractivity contribution in [2.24, 2.45) is 0 Å². The van der Waals surface area contributed by atoms with Crippen LogP contribution in [0.15, 0.2) is 47.4 Å². The molecule has 0 atom stereocenters. The first-order valence-corrected chi connectivity index (χ1v) is 11.6. The molecule has 4 nitrogen and oxygen atoms in total. The number of benzene rings is 2. The standard InChI is InChI=1S/C22H27N3OS2.ClH/c1-5-24(6-2)13-14-25(21(26)17-9-7-16(3)8-10-17)22-23-19-12-11-18(27-4)15-20(19)28-22;/h7-12,15H,5-6,13-14H2,1-4H3;1H. The van der Waals surface area contributed by atoms with Crippen LogP contribution >= 0.6 is 35.5 Å². The molecule has 2 aromatic carbocycles. The minimum atomic E-state index is 0. The number of rotatable bonds is 8. The monoisotopic (exact) mass is 449 g/mol. The summed E-state index contributed by atoms with van der Waals surface area (Å²) in [6.45, 7) is 9.73. The maximum Gasteiger partial charge on any atom is 0.260 e. The molecule has 0 aliphatic carbocycles. The predicted octanol–water partition coefficient (Wildman–Crippen LogP) is 5.74. The van der Waals surface area contributed by atoms with Gasteiger partial charge < -0.3 is 4.90 Å². The maximum absolute atomic E-state index is 13.3. The molecule has 7 heteroatoms. The van der Waals surface area contributed by atoms with Gasteiger partial charge in [0.1, 0.15) is 0 Å². The van der Waals surface area contributed by atoms with Crippen LogP contribution in [-0.2, 0) is 0 Å². The number of anilines is 1. The first-order valence-electron chi connectivity index (χ1n) is 9.61. The van der Waals surface area contributed by atoms with Crippen LogP contribution < -0.4 is 4.90 Å². The van der Waals surface area contributed by atoms with Gasteiger partial charge in [0.15, 0.2) is 5.13 Å². The van der Waals surface area contributed by atoms with E-state index in [1.54, 1.807) is 23.1 Å². The number of carbonyl (C=O) groups excluding carboxylic acids is 1. The number of fused-ring (bicyclic) bond motifs is 1. The summed E-state index contributed by atoms with van der Waals surface area (Å²) in [4.78, 5) is 23.5. The van der Waals surface area contributed by atoms with Gasteiger partial charge in [0.05, 0.1) is 10.2 Å². The quantitative estimate of drug-likeness (QED) is 0.411. The fourth-order valence-electron chi connectivity index (χ4n) is 3.05. The highest BCUT2D eigenvalue weighted by atomic mass is 35.5. The topological polar surface area (TPSA) is 36.4 Å². The molecule has 156 valence electrons. The highest BCUT2D eigenvalue weighted by molar-refractivity contribution is 7.98. The normalized spacial score (nSPS) is 10.9. The smallest absolute Gasteiger partial charge is 0.260 e. The van der Waals surface area contributed by atoms with E-state index >= 15 is 0 Å². The summed E-state index contributed by atoms with van der Waals surface area (Å²) in [7, 11) is 0.